The average molecular weight is 441 g/mol. The predicted octanol–water partition coefficient (Wildman–Crippen LogP) is 3.42. The van der Waals surface area contributed by atoms with E-state index in [1.54, 1.807) is 0 Å². The van der Waals surface area contributed by atoms with Gasteiger partial charge in [-0.1, -0.05) is 47.8 Å². The van der Waals surface area contributed by atoms with Gasteiger partial charge in [0.15, 0.2) is 17.3 Å². The Balaban J connectivity index is 3.32. The van der Waals surface area contributed by atoms with Crippen molar-refractivity contribution in [1.82, 2.24) is 0 Å². The van der Waals surface area contributed by atoms with Crippen molar-refractivity contribution in [3.63, 3.8) is 0 Å². The molecular formula is C12H9Br3O3. The zero-order valence-electron chi connectivity index (χ0n) is 9.21. The van der Waals surface area contributed by atoms with Crippen molar-refractivity contribution < 1.29 is 14.4 Å². The molecule has 0 saturated carbocycles. The lowest BCUT2D eigenvalue weighted by Crippen LogP contribution is -2.10. The first-order chi connectivity index (χ1) is 8.53. The van der Waals surface area contributed by atoms with Crippen LogP contribution in [0.2, 0.25) is 0 Å². The van der Waals surface area contributed by atoms with Gasteiger partial charge in [-0.15, -0.1) is 0 Å². The van der Waals surface area contributed by atoms with Crippen LogP contribution in [-0.4, -0.2) is 33.3 Å². The fourth-order valence-corrected chi connectivity index (χ4v) is 2.31. The lowest BCUT2D eigenvalue weighted by molar-refractivity contribution is 0.102. The minimum absolute atomic E-state index is 0.154. The minimum atomic E-state index is -0.164. The van der Waals surface area contributed by atoms with Crippen LogP contribution in [0.15, 0.2) is 18.2 Å². The summed E-state index contributed by atoms with van der Waals surface area (Å²) < 4.78 is 0. The molecule has 0 atom stereocenters. The Hall–Kier alpha value is -0.330. The molecule has 0 aromatic heterocycles. The van der Waals surface area contributed by atoms with E-state index in [0.29, 0.717) is 16.7 Å². The third-order valence-corrected chi connectivity index (χ3v) is 3.79. The smallest absolute Gasteiger partial charge is 0.173 e. The molecule has 0 radical (unpaired) electrons. The van der Waals surface area contributed by atoms with E-state index in [4.69, 9.17) is 0 Å². The number of carbonyl (C=O) groups excluding carboxylic acids is 3. The van der Waals surface area contributed by atoms with Crippen LogP contribution < -0.4 is 0 Å². The molecule has 0 fully saturated rings. The number of rotatable bonds is 6. The second kappa shape index (κ2) is 7.31. The fraction of sp³-hybridized carbons (Fsp3) is 0.250. The van der Waals surface area contributed by atoms with Gasteiger partial charge in [0.05, 0.1) is 16.0 Å². The van der Waals surface area contributed by atoms with Gasteiger partial charge in [-0.05, 0) is 18.2 Å². The summed E-state index contributed by atoms with van der Waals surface area (Å²) in [6.45, 7) is 0. The van der Waals surface area contributed by atoms with Crippen LogP contribution in [0, 0.1) is 0 Å². The number of hydrogen-bond donors (Lipinski definition) is 0. The molecule has 1 aromatic carbocycles. The van der Waals surface area contributed by atoms with Gasteiger partial charge in [-0.3, -0.25) is 14.4 Å². The molecule has 0 unspecified atom stereocenters. The Morgan fingerprint density at radius 1 is 0.667 bits per heavy atom. The third-order valence-electron chi connectivity index (χ3n) is 2.26. The number of hydrogen-bond acceptors (Lipinski definition) is 3. The number of halogens is 3. The standard InChI is InChI=1S/C12H9Br3O3/c13-4-10(16)7-1-8(11(17)5-14)3-9(2-7)12(18)6-15/h1-3H,4-6H2. The van der Waals surface area contributed by atoms with Crippen LogP contribution in [0.25, 0.3) is 0 Å². The maximum atomic E-state index is 11.6. The van der Waals surface area contributed by atoms with Crippen molar-refractivity contribution in [2.24, 2.45) is 0 Å². The van der Waals surface area contributed by atoms with E-state index < -0.39 is 0 Å². The highest BCUT2D eigenvalue weighted by Crippen LogP contribution is 2.15. The summed E-state index contributed by atoms with van der Waals surface area (Å²) in [5.41, 5.74) is 1.09. The Morgan fingerprint density at radius 3 is 1.06 bits per heavy atom. The van der Waals surface area contributed by atoms with Gasteiger partial charge in [0, 0.05) is 16.7 Å². The summed E-state index contributed by atoms with van der Waals surface area (Å²) in [5.74, 6) is -0.492. The van der Waals surface area contributed by atoms with Crippen molar-refractivity contribution in [3.8, 4) is 0 Å². The summed E-state index contributed by atoms with van der Waals surface area (Å²) >= 11 is 9.21. The van der Waals surface area contributed by atoms with Crippen LogP contribution in [0.5, 0.6) is 0 Å². The molecule has 18 heavy (non-hydrogen) atoms. The lowest BCUT2D eigenvalue weighted by Gasteiger charge is -2.06. The number of ketones is 3. The molecule has 0 saturated heterocycles. The third kappa shape index (κ3) is 3.83. The van der Waals surface area contributed by atoms with Crippen molar-refractivity contribution in [2.75, 3.05) is 16.0 Å². The lowest BCUT2D eigenvalue weighted by atomic mass is 9.99. The molecule has 0 spiro atoms. The maximum absolute atomic E-state index is 11.6. The summed E-state index contributed by atoms with van der Waals surface area (Å²) in [5, 5.41) is 0.461. The normalized spacial score (nSPS) is 10.2. The van der Waals surface area contributed by atoms with Crippen molar-refractivity contribution >= 4 is 65.1 Å². The molecule has 0 aliphatic heterocycles. The number of carbonyl (C=O) groups is 3. The highest BCUT2D eigenvalue weighted by atomic mass is 79.9. The second-order valence-electron chi connectivity index (χ2n) is 3.47. The average Bonchev–Trinajstić information content (AvgIpc) is 2.43. The first-order valence-corrected chi connectivity index (χ1v) is 8.32. The van der Waals surface area contributed by atoms with E-state index in [1.165, 1.54) is 18.2 Å². The molecule has 0 heterocycles. The zero-order valence-corrected chi connectivity index (χ0v) is 14.0. The zero-order chi connectivity index (χ0) is 13.7. The van der Waals surface area contributed by atoms with Crippen LogP contribution in [0.4, 0.5) is 0 Å². The topological polar surface area (TPSA) is 51.2 Å². The van der Waals surface area contributed by atoms with Gasteiger partial charge >= 0.3 is 0 Å². The van der Waals surface area contributed by atoms with E-state index in [1.807, 2.05) is 0 Å². The molecule has 0 amide bonds. The molecule has 0 aliphatic carbocycles. The number of alkyl halides is 3. The van der Waals surface area contributed by atoms with Gasteiger partial charge in [0.25, 0.3) is 0 Å². The summed E-state index contributed by atoms with van der Waals surface area (Å²) in [7, 11) is 0. The quantitative estimate of drug-likeness (QED) is 0.503. The largest absolute Gasteiger partial charge is 0.293 e. The minimum Gasteiger partial charge on any atom is -0.293 e. The van der Waals surface area contributed by atoms with E-state index in [-0.39, 0.29) is 33.3 Å². The SMILES string of the molecule is O=C(CBr)c1cc(C(=O)CBr)cc(C(=O)CBr)c1. The van der Waals surface area contributed by atoms with Gasteiger partial charge in [-0.2, -0.15) is 0 Å². The monoisotopic (exact) mass is 438 g/mol. The van der Waals surface area contributed by atoms with Crippen LogP contribution >= 0.6 is 47.8 Å². The molecule has 6 heteroatoms. The van der Waals surface area contributed by atoms with E-state index in [0.717, 1.165) is 0 Å². The van der Waals surface area contributed by atoms with Crippen molar-refractivity contribution in [1.29, 1.82) is 0 Å². The van der Waals surface area contributed by atoms with Gasteiger partial charge in [0.1, 0.15) is 0 Å². The number of Topliss-reactive ketones (excluding diaryl/α,β-unsaturated/α-hetero) is 3. The molecule has 96 valence electrons. The molecule has 1 aromatic rings. The highest BCUT2D eigenvalue weighted by Gasteiger charge is 2.14. The van der Waals surface area contributed by atoms with Gasteiger partial charge in [0.2, 0.25) is 0 Å². The summed E-state index contributed by atoms with van der Waals surface area (Å²) in [4.78, 5) is 34.9. The van der Waals surface area contributed by atoms with Crippen molar-refractivity contribution in [2.45, 2.75) is 0 Å². The Morgan fingerprint density at radius 2 is 0.889 bits per heavy atom. The molecule has 1 rings (SSSR count). The molecular weight excluding hydrogens is 432 g/mol. The molecule has 0 N–H and O–H groups in total. The highest BCUT2D eigenvalue weighted by molar-refractivity contribution is 9.09. The van der Waals surface area contributed by atoms with Gasteiger partial charge in [-0.25, -0.2) is 0 Å². The Labute approximate surface area is 130 Å². The fourth-order valence-electron chi connectivity index (χ4n) is 1.34. The summed E-state index contributed by atoms with van der Waals surface area (Å²) in [6, 6.07) is 4.54. The first kappa shape index (κ1) is 15.7. The van der Waals surface area contributed by atoms with E-state index >= 15 is 0 Å². The predicted molar refractivity (Wildman–Crippen MR) is 80.8 cm³/mol. The summed E-state index contributed by atoms with van der Waals surface area (Å²) in [6.07, 6.45) is 0. The second-order valence-corrected chi connectivity index (χ2v) is 5.15. The molecule has 0 aliphatic rings. The molecule has 3 nitrogen and oxygen atoms in total. The Kier molecular flexibility index (Phi) is 6.38. The van der Waals surface area contributed by atoms with Crippen molar-refractivity contribution in [3.05, 3.63) is 34.9 Å². The number of benzene rings is 1. The van der Waals surface area contributed by atoms with E-state index in [2.05, 4.69) is 47.8 Å². The molecule has 0 bridgehead atoms. The van der Waals surface area contributed by atoms with E-state index in [9.17, 15) is 14.4 Å². The maximum Gasteiger partial charge on any atom is 0.173 e. The van der Waals surface area contributed by atoms with Crippen LogP contribution in [-0.2, 0) is 0 Å². The van der Waals surface area contributed by atoms with Crippen LogP contribution in [0.1, 0.15) is 31.1 Å². The first-order valence-electron chi connectivity index (χ1n) is 4.96. The van der Waals surface area contributed by atoms with Gasteiger partial charge < -0.3 is 0 Å². The van der Waals surface area contributed by atoms with Crippen LogP contribution in [0.3, 0.4) is 0 Å². The Bertz CT molecular complexity index is 414.